The molecule has 0 atom stereocenters. The van der Waals surface area contributed by atoms with Gasteiger partial charge in [0.25, 0.3) is 0 Å². The Morgan fingerprint density at radius 3 is 1.50 bits per heavy atom. The van der Waals surface area contributed by atoms with Gasteiger partial charge in [0.2, 0.25) is 0 Å². The van der Waals surface area contributed by atoms with Crippen molar-refractivity contribution < 1.29 is 42.8 Å². The van der Waals surface area contributed by atoms with Crippen molar-refractivity contribution in [3.05, 3.63) is 71.3 Å². The lowest BCUT2D eigenvalue weighted by atomic mass is 10.1. The van der Waals surface area contributed by atoms with E-state index in [4.69, 9.17) is 47.4 Å². The van der Waals surface area contributed by atoms with Gasteiger partial charge in [-0.15, -0.1) is 50.4 Å². The number of halogens is 3. The van der Waals surface area contributed by atoms with E-state index >= 15 is 0 Å². The van der Waals surface area contributed by atoms with Crippen LogP contribution in [0.3, 0.4) is 0 Å². The maximum atomic E-state index is 12.0. The van der Waals surface area contributed by atoms with Crippen LogP contribution in [0.25, 0.3) is 0 Å². The van der Waals surface area contributed by atoms with E-state index in [0.29, 0.717) is 25.0 Å². The molecular formula is C37H39F3O6. The number of aliphatic carboxylic acids is 1. The molecule has 0 saturated carbocycles. The normalized spacial score (nSPS) is 8.65. The molecule has 0 unspecified atom stereocenters. The maximum Gasteiger partial charge on any atom is 0.416 e. The van der Waals surface area contributed by atoms with Crippen molar-refractivity contribution in [2.45, 2.75) is 58.2 Å². The molecule has 0 bridgehead atoms. The molecule has 2 aromatic rings. The fourth-order valence-corrected chi connectivity index (χ4v) is 1.82. The largest absolute Gasteiger partial charge is 0.481 e. The minimum atomic E-state index is -4.28. The highest BCUT2D eigenvalue weighted by Gasteiger charge is 2.29. The fourth-order valence-electron chi connectivity index (χ4n) is 1.82. The third-order valence-electron chi connectivity index (χ3n) is 4.03. The van der Waals surface area contributed by atoms with Gasteiger partial charge in [0.15, 0.2) is 0 Å². The highest BCUT2D eigenvalue weighted by molar-refractivity contribution is 5.87. The first-order valence-corrected chi connectivity index (χ1v) is 13.2. The number of carbonyl (C=O) groups excluding carboxylic acids is 1. The highest BCUT2D eigenvalue weighted by atomic mass is 19.4. The number of carboxylic acid groups (broad SMARTS) is 1. The lowest BCUT2D eigenvalue weighted by Gasteiger charge is -2.05. The van der Waals surface area contributed by atoms with Gasteiger partial charge in [0.05, 0.1) is 18.6 Å². The van der Waals surface area contributed by atoms with Crippen molar-refractivity contribution in [3.8, 4) is 74.1 Å². The zero-order valence-corrected chi connectivity index (χ0v) is 26.1. The zero-order chi connectivity index (χ0) is 36.4. The summed E-state index contributed by atoms with van der Waals surface area (Å²) in [5, 5.41) is 24.6. The third kappa shape index (κ3) is 38.5. The van der Waals surface area contributed by atoms with Crippen LogP contribution in [0, 0.1) is 74.1 Å². The first-order valence-electron chi connectivity index (χ1n) is 13.2. The average molecular weight is 637 g/mol. The Kier molecular flexibility index (Phi) is 31.8. The number of aliphatic hydroxyl groups excluding tert-OH is 1. The summed E-state index contributed by atoms with van der Waals surface area (Å²) in [6.45, 7) is 5.39. The number of carbonyl (C=O) groups is 2. The second-order valence-corrected chi connectivity index (χ2v) is 8.43. The number of terminal acetylenes is 6. The first kappa shape index (κ1) is 47.4. The smallest absolute Gasteiger partial charge is 0.416 e. The molecule has 0 aliphatic heterocycles. The van der Waals surface area contributed by atoms with Gasteiger partial charge in [-0.3, -0.25) is 4.79 Å². The number of aliphatic hydroxyl groups is 2. The van der Waals surface area contributed by atoms with E-state index in [1.54, 1.807) is 26.7 Å². The number of carboxylic acids is 1. The van der Waals surface area contributed by atoms with Gasteiger partial charge in [-0.1, -0.05) is 36.0 Å². The van der Waals surface area contributed by atoms with Crippen LogP contribution in [0.2, 0.25) is 0 Å². The molecule has 0 aliphatic rings. The number of hydrogen-bond donors (Lipinski definition) is 3. The van der Waals surface area contributed by atoms with Crippen molar-refractivity contribution in [2.24, 2.45) is 0 Å². The lowest BCUT2D eigenvalue weighted by Crippen LogP contribution is -2.13. The van der Waals surface area contributed by atoms with E-state index in [0.717, 1.165) is 24.1 Å². The summed E-state index contributed by atoms with van der Waals surface area (Å²) in [6, 6.07) is 14.1. The van der Waals surface area contributed by atoms with Crippen LogP contribution in [-0.2, 0) is 20.5 Å². The van der Waals surface area contributed by atoms with E-state index in [-0.39, 0.29) is 13.0 Å². The lowest BCUT2D eigenvalue weighted by molar-refractivity contribution is -0.138. The van der Waals surface area contributed by atoms with Crippen molar-refractivity contribution in [1.82, 2.24) is 0 Å². The summed E-state index contributed by atoms with van der Waals surface area (Å²) in [6.07, 6.45) is 26.7. The van der Waals surface area contributed by atoms with Gasteiger partial charge in [0, 0.05) is 36.5 Å². The molecule has 0 amide bonds. The van der Waals surface area contributed by atoms with Crippen LogP contribution in [0.4, 0.5) is 13.2 Å². The maximum absolute atomic E-state index is 12.0. The highest BCUT2D eigenvalue weighted by Crippen LogP contribution is 2.28. The molecule has 2 aromatic carbocycles. The average Bonchev–Trinajstić information content (AvgIpc) is 3.04. The summed E-state index contributed by atoms with van der Waals surface area (Å²) in [7, 11) is 0. The number of rotatable bonds is 5. The Morgan fingerprint density at radius 2 is 1.28 bits per heavy atom. The Bertz CT molecular complexity index is 1350. The van der Waals surface area contributed by atoms with Gasteiger partial charge < -0.3 is 20.1 Å². The summed E-state index contributed by atoms with van der Waals surface area (Å²) < 4.78 is 40.2. The number of esters is 1. The Balaban J connectivity index is -0.000000235. The monoisotopic (exact) mass is 636 g/mol. The first-order chi connectivity index (χ1) is 21.5. The molecule has 6 nitrogen and oxygen atoms in total. The molecule has 0 radical (unpaired) electrons. The summed E-state index contributed by atoms with van der Waals surface area (Å²) >= 11 is 0. The molecule has 2 rings (SSSR count). The van der Waals surface area contributed by atoms with Crippen LogP contribution in [-0.4, -0.2) is 46.1 Å². The topological polar surface area (TPSA) is 104 Å². The predicted octanol–water partition coefficient (Wildman–Crippen LogP) is 5.80. The quantitative estimate of drug-likeness (QED) is 0.166. The molecule has 0 spiro atoms. The van der Waals surface area contributed by atoms with Gasteiger partial charge in [0.1, 0.15) is 5.60 Å². The van der Waals surface area contributed by atoms with Crippen molar-refractivity contribution in [2.75, 3.05) is 13.2 Å². The van der Waals surface area contributed by atoms with Crippen molar-refractivity contribution in [1.29, 1.82) is 0 Å². The Morgan fingerprint density at radius 1 is 0.826 bits per heavy atom. The summed E-state index contributed by atoms with van der Waals surface area (Å²) in [5.41, 5.74) is -0.225. The SMILES string of the molecule is C#CC(=O)OCC.C#CC(C)(C)O.C#CCCC(=O)O.C#CCCCO.C#Cc1ccc(C(F)(F)F)cc1.C#Cc1ccccc1. The molecule has 244 valence electrons. The fraction of sp³-hybridized carbons (Fsp3) is 0.297. The molecule has 3 N–H and O–H groups in total. The number of alkyl halides is 3. The third-order valence-corrected chi connectivity index (χ3v) is 4.03. The molecule has 46 heavy (non-hydrogen) atoms. The predicted molar refractivity (Wildman–Crippen MR) is 175 cm³/mol. The van der Waals surface area contributed by atoms with E-state index < -0.39 is 29.3 Å². The second kappa shape index (κ2) is 30.9. The van der Waals surface area contributed by atoms with Crippen LogP contribution in [0.15, 0.2) is 54.6 Å². The van der Waals surface area contributed by atoms with Crippen LogP contribution >= 0.6 is 0 Å². The Hall–Kier alpha value is -5.55. The van der Waals surface area contributed by atoms with Gasteiger partial charge >= 0.3 is 18.1 Å². The molecule has 0 aromatic heterocycles. The van der Waals surface area contributed by atoms with Crippen LogP contribution in [0.1, 0.15) is 63.1 Å². The summed E-state index contributed by atoms with van der Waals surface area (Å²) in [4.78, 5) is 19.6. The minimum absolute atomic E-state index is 0.0799. The van der Waals surface area contributed by atoms with E-state index in [1.165, 1.54) is 12.1 Å². The van der Waals surface area contributed by atoms with Gasteiger partial charge in [-0.25, -0.2) is 4.79 Å². The van der Waals surface area contributed by atoms with E-state index in [1.807, 2.05) is 30.3 Å². The van der Waals surface area contributed by atoms with Crippen molar-refractivity contribution >= 4 is 11.9 Å². The number of hydrogen-bond acceptors (Lipinski definition) is 5. The zero-order valence-electron chi connectivity index (χ0n) is 26.1. The summed E-state index contributed by atoms with van der Waals surface area (Å²) in [5.74, 6) is 11.9. The minimum Gasteiger partial charge on any atom is -0.481 e. The Labute approximate surface area is 271 Å². The number of ether oxygens (including phenoxy) is 1. The molecular weight excluding hydrogens is 597 g/mol. The van der Waals surface area contributed by atoms with Crippen molar-refractivity contribution in [3.63, 3.8) is 0 Å². The van der Waals surface area contributed by atoms with E-state index in [2.05, 4.69) is 40.8 Å². The molecule has 9 heteroatoms. The molecule has 0 heterocycles. The second-order valence-electron chi connectivity index (χ2n) is 8.43. The molecule has 0 saturated heterocycles. The van der Waals surface area contributed by atoms with Gasteiger partial charge in [-0.2, -0.15) is 13.2 Å². The van der Waals surface area contributed by atoms with Gasteiger partial charge in [-0.05, 0) is 63.6 Å². The van der Waals surface area contributed by atoms with E-state index in [9.17, 15) is 22.8 Å². The standard InChI is InChI=1S/C9H5F3.C8H6.2C5H6O2.2C5H8O/c1-2-7-3-5-8(6-4-7)9(10,11)12;1-2-8-6-4-3-5-7-8;1-3-5(6)7-4-2;1-2-3-4-5(6)7;1-4-5(2,3)6;1-2-3-4-5-6/h1,3-6H;1,3-7H;1H,4H2,2H3;1H,3-4H2,(H,6,7);1,6H,2-3H3;1,6H,3-5H2. The molecule has 0 fully saturated rings. The number of unbranched alkanes of at least 4 members (excludes halogenated alkanes) is 1. The van der Waals surface area contributed by atoms with Crippen LogP contribution in [0.5, 0.6) is 0 Å². The van der Waals surface area contributed by atoms with Crippen LogP contribution < -0.4 is 0 Å². The number of benzene rings is 2. The molecule has 0 aliphatic carbocycles.